The monoisotopic (exact) mass is 614 g/mol. The minimum atomic E-state index is -0.268. The zero-order valence-corrected chi connectivity index (χ0v) is 24.4. The minimum absolute atomic E-state index is 0.0392. The van der Waals surface area contributed by atoms with E-state index in [9.17, 15) is 9.59 Å². The van der Waals surface area contributed by atoms with Crippen LogP contribution in [0, 0.1) is 0 Å². The molecule has 1 aromatic carbocycles. The molecule has 0 bridgehead atoms. The van der Waals surface area contributed by atoms with Crippen molar-refractivity contribution in [1.82, 2.24) is 23.5 Å². The second-order valence-corrected chi connectivity index (χ2v) is 11.7. The Morgan fingerprint density at radius 3 is 2.33 bits per heavy atom. The summed E-state index contributed by atoms with van der Waals surface area (Å²) in [6.07, 6.45) is 3.52. The number of nitrogens with zero attached hydrogens (tertiary/aromatic N) is 8. The predicted octanol–water partition coefficient (Wildman–Crippen LogP) is 3.99. The van der Waals surface area contributed by atoms with Crippen molar-refractivity contribution in [3.63, 3.8) is 0 Å². The molecule has 14 heteroatoms. The SMILES string of the molecule is O=C1N=C(N2CCN(c3nsnc3Cl)CC2)S/C1=C/c1cccc(C(=O)N2CCN(c3ncccc3Cl)CC2)c1. The van der Waals surface area contributed by atoms with Gasteiger partial charge in [0.2, 0.25) is 0 Å². The molecule has 0 aliphatic carbocycles. The number of amides is 2. The fourth-order valence-electron chi connectivity index (χ4n) is 4.83. The van der Waals surface area contributed by atoms with Crippen LogP contribution < -0.4 is 9.80 Å². The van der Waals surface area contributed by atoms with Crippen LogP contribution in [-0.2, 0) is 4.79 Å². The van der Waals surface area contributed by atoms with E-state index < -0.39 is 0 Å². The Bertz CT molecular complexity index is 1500. The van der Waals surface area contributed by atoms with Crippen molar-refractivity contribution in [2.24, 2.45) is 4.99 Å². The molecule has 2 aromatic heterocycles. The Labute approximate surface area is 249 Å². The fourth-order valence-corrected chi connectivity index (χ4v) is 6.82. The molecule has 0 radical (unpaired) electrons. The number of pyridine rings is 1. The molecule has 0 spiro atoms. The lowest BCUT2D eigenvalue weighted by molar-refractivity contribution is -0.113. The topological polar surface area (TPSA) is 98.1 Å². The van der Waals surface area contributed by atoms with Gasteiger partial charge in [-0.1, -0.05) is 35.3 Å². The summed E-state index contributed by atoms with van der Waals surface area (Å²) in [6.45, 7) is 5.27. The van der Waals surface area contributed by atoms with E-state index >= 15 is 0 Å². The Balaban J connectivity index is 1.07. The second kappa shape index (κ2) is 11.7. The maximum atomic E-state index is 13.3. The molecule has 40 heavy (non-hydrogen) atoms. The average Bonchev–Trinajstić information content (AvgIpc) is 3.58. The lowest BCUT2D eigenvalue weighted by atomic mass is 10.1. The van der Waals surface area contributed by atoms with Gasteiger partial charge in [-0.3, -0.25) is 9.59 Å². The van der Waals surface area contributed by atoms with Crippen LogP contribution in [-0.4, -0.2) is 92.9 Å². The summed E-state index contributed by atoms with van der Waals surface area (Å²) in [6, 6.07) is 11.0. The van der Waals surface area contributed by atoms with Crippen molar-refractivity contribution in [3.8, 4) is 0 Å². The maximum absolute atomic E-state index is 13.3. The maximum Gasteiger partial charge on any atom is 0.286 e. The zero-order valence-electron chi connectivity index (χ0n) is 21.2. The first-order valence-corrected chi connectivity index (χ1v) is 15.0. The first-order valence-electron chi connectivity index (χ1n) is 12.7. The summed E-state index contributed by atoms with van der Waals surface area (Å²) in [7, 11) is 0. The standard InChI is InChI=1S/C26H24Cl2N8O2S2/c27-19-5-2-6-29-22(19)33-7-11-35(12-8-33)25(38)18-4-1-3-17(15-18)16-20-24(37)30-26(39-20)36-13-9-34(10-14-36)23-21(28)31-40-32-23/h1-6,15-16H,7-14H2/b20-16+. The average molecular weight is 616 g/mol. The highest BCUT2D eigenvalue weighted by atomic mass is 35.5. The largest absolute Gasteiger partial charge is 0.352 e. The normalized spacial score (nSPS) is 19.0. The molecule has 10 nitrogen and oxygen atoms in total. The third kappa shape index (κ3) is 5.67. The molecule has 3 aromatic rings. The highest BCUT2D eigenvalue weighted by Crippen LogP contribution is 2.32. The van der Waals surface area contributed by atoms with Crippen LogP contribution in [0.2, 0.25) is 10.2 Å². The van der Waals surface area contributed by atoms with Crippen LogP contribution in [0.15, 0.2) is 52.5 Å². The van der Waals surface area contributed by atoms with Crippen LogP contribution in [0.25, 0.3) is 6.08 Å². The summed E-state index contributed by atoms with van der Waals surface area (Å²) >= 11 is 14.9. The van der Waals surface area contributed by atoms with Gasteiger partial charge in [0.05, 0.1) is 21.7 Å². The summed E-state index contributed by atoms with van der Waals surface area (Å²) in [5, 5.41) is 1.72. The number of hydrogen-bond donors (Lipinski definition) is 0. The van der Waals surface area contributed by atoms with Crippen LogP contribution in [0.1, 0.15) is 15.9 Å². The van der Waals surface area contributed by atoms with Crippen LogP contribution >= 0.6 is 46.7 Å². The molecule has 2 fully saturated rings. The number of amidine groups is 1. The van der Waals surface area contributed by atoms with Gasteiger partial charge < -0.3 is 19.6 Å². The second-order valence-electron chi connectivity index (χ2n) is 9.38. The predicted molar refractivity (Wildman–Crippen MR) is 161 cm³/mol. The fraction of sp³-hybridized carbons (Fsp3) is 0.308. The smallest absolute Gasteiger partial charge is 0.286 e. The number of thioether (sulfide) groups is 1. The van der Waals surface area contributed by atoms with E-state index in [-0.39, 0.29) is 11.8 Å². The van der Waals surface area contributed by atoms with E-state index in [4.69, 9.17) is 23.2 Å². The van der Waals surface area contributed by atoms with E-state index in [2.05, 4.69) is 33.4 Å². The highest BCUT2D eigenvalue weighted by Gasteiger charge is 2.30. The van der Waals surface area contributed by atoms with Gasteiger partial charge in [0, 0.05) is 64.1 Å². The van der Waals surface area contributed by atoms with Gasteiger partial charge in [0.15, 0.2) is 16.1 Å². The molecular formula is C26H24Cl2N8O2S2. The van der Waals surface area contributed by atoms with E-state index in [1.807, 2.05) is 35.2 Å². The van der Waals surface area contributed by atoms with Gasteiger partial charge in [0.25, 0.3) is 11.8 Å². The van der Waals surface area contributed by atoms with E-state index in [1.165, 1.54) is 11.8 Å². The lowest BCUT2D eigenvalue weighted by Crippen LogP contribution is -2.49. The van der Waals surface area contributed by atoms with Gasteiger partial charge >= 0.3 is 0 Å². The number of rotatable bonds is 4. The van der Waals surface area contributed by atoms with Crippen molar-refractivity contribution in [1.29, 1.82) is 0 Å². The van der Waals surface area contributed by atoms with Crippen molar-refractivity contribution in [2.75, 3.05) is 62.2 Å². The zero-order chi connectivity index (χ0) is 27.6. The third-order valence-corrected chi connectivity index (χ3v) is 9.14. The van der Waals surface area contributed by atoms with Gasteiger partial charge in [0.1, 0.15) is 5.82 Å². The van der Waals surface area contributed by atoms with Gasteiger partial charge in [-0.15, -0.1) is 0 Å². The summed E-state index contributed by atoms with van der Waals surface area (Å²) < 4.78 is 8.31. The first-order chi connectivity index (χ1) is 19.5. The van der Waals surface area contributed by atoms with Crippen molar-refractivity contribution < 1.29 is 9.59 Å². The van der Waals surface area contributed by atoms with E-state index in [0.29, 0.717) is 84.0 Å². The number of halogens is 2. The molecule has 0 atom stereocenters. The highest BCUT2D eigenvalue weighted by molar-refractivity contribution is 8.18. The first kappa shape index (κ1) is 27.0. The number of anilines is 2. The Hall–Kier alpha value is -3.19. The number of hydrogen-bond acceptors (Lipinski definition) is 10. The quantitative estimate of drug-likeness (QED) is 0.404. The van der Waals surface area contributed by atoms with Gasteiger partial charge in [-0.2, -0.15) is 13.7 Å². The number of benzene rings is 1. The molecule has 3 aliphatic heterocycles. The Morgan fingerprint density at radius 1 is 0.875 bits per heavy atom. The minimum Gasteiger partial charge on any atom is -0.352 e. The van der Waals surface area contributed by atoms with Gasteiger partial charge in [-0.25, -0.2) is 4.98 Å². The van der Waals surface area contributed by atoms with Crippen LogP contribution in [0.4, 0.5) is 11.6 Å². The molecule has 0 N–H and O–H groups in total. The number of aliphatic imine (C=N–C) groups is 1. The number of carbonyl (C=O) groups excluding carboxylic acids is 2. The van der Waals surface area contributed by atoms with Gasteiger partial charge in [-0.05, 0) is 47.7 Å². The lowest BCUT2D eigenvalue weighted by Gasteiger charge is -2.35. The molecule has 2 amide bonds. The number of aromatic nitrogens is 3. The van der Waals surface area contributed by atoms with Crippen LogP contribution in [0.3, 0.4) is 0 Å². The van der Waals surface area contributed by atoms with Crippen LogP contribution in [0.5, 0.6) is 0 Å². The molecule has 0 saturated carbocycles. The molecule has 206 valence electrons. The third-order valence-electron chi connectivity index (χ3n) is 6.93. The van der Waals surface area contributed by atoms with E-state index in [0.717, 1.165) is 23.1 Å². The molecule has 6 rings (SSSR count). The Kier molecular flexibility index (Phi) is 7.92. The van der Waals surface area contributed by atoms with E-state index in [1.54, 1.807) is 18.3 Å². The molecule has 3 aliphatic rings. The van der Waals surface area contributed by atoms with Crippen molar-refractivity contribution in [2.45, 2.75) is 0 Å². The van der Waals surface area contributed by atoms with Crippen molar-refractivity contribution in [3.05, 3.63) is 68.8 Å². The Morgan fingerprint density at radius 2 is 1.60 bits per heavy atom. The molecule has 0 unspecified atom stereocenters. The summed E-state index contributed by atoms with van der Waals surface area (Å²) in [5.74, 6) is 1.14. The molecule has 2 saturated heterocycles. The molecular weight excluding hydrogens is 591 g/mol. The molecule has 5 heterocycles. The summed E-state index contributed by atoms with van der Waals surface area (Å²) in [5.41, 5.74) is 1.37. The number of carbonyl (C=O) groups is 2. The van der Waals surface area contributed by atoms with Crippen molar-refractivity contribution >= 4 is 81.4 Å². The summed E-state index contributed by atoms with van der Waals surface area (Å²) in [4.78, 5) is 43.3. The number of piperazine rings is 2.